The average molecular weight is 391 g/mol. The van der Waals surface area contributed by atoms with Crippen LogP contribution in [0.5, 0.6) is 5.75 Å². The first-order valence-corrected chi connectivity index (χ1v) is 9.72. The minimum absolute atomic E-state index is 0.116. The Morgan fingerprint density at radius 3 is 2.52 bits per heavy atom. The predicted octanol–water partition coefficient (Wildman–Crippen LogP) is 4.69. The van der Waals surface area contributed by atoms with Crippen molar-refractivity contribution in [2.45, 2.75) is 51.8 Å². The molecular weight excluding hydrogens is 364 g/mol. The first kappa shape index (κ1) is 19.8. The number of ether oxygens (including phenoxy) is 1. The van der Waals surface area contributed by atoms with Crippen molar-refractivity contribution in [1.82, 2.24) is 10.2 Å². The highest BCUT2D eigenvalue weighted by atomic mass is 35.5. The van der Waals surface area contributed by atoms with E-state index in [1.165, 1.54) is 0 Å². The number of phenolic OH excluding ortho intramolecular Hbond substituents is 1. The molecule has 1 saturated heterocycles. The summed E-state index contributed by atoms with van der Waals surface area (Å²) in [5.41, 5.74) is 0.342. The highest BCUT2D eigenvalue weighted by molar-refractivity contribution is 6.35. The lowest BCUT2D eigenvalue weighted by atomic mass is 10.0. The van der Waals surface area contributed by atoms with Crippen molar-refractivity contribution in [1.29, 1.82) is 0 Å². The van der Waals surface area contributed by atoms with Crippen LogP contribution >= 0.6 is 11.6 Å². The van der Waals surface area contributed by atoms with E-state index < -0.39 is 5.60 Å². The number of halogens is 1. The summed E-state index contributed by atoms with van der Waals surface area (Å²) in [6.07, 6.45) is 1.34. The normalized spacial score (nSPS) is 16.4. The van der Waals surface area contributed by atoms with Gasteiger partial charge in [0, 0.05) is 47.0 Å². The Morgan fingerprint density at radius 2 is 1.89 bits per heavy atom. The number of aromatic hydroxyl groups is 1. The molecule has 1 amide bonds. The lowest BCUT2D eigenvalue weighted by molar-refractivity contribution is 0.0477. The Morgan fingerprint density at radius 1 is 1.26 bits per heavy atom. The standard InChI is InChI=1S/C21H27ClN2O3/c1-21(2,3)27-20(26)23-15-8-10-24(11-9-15)13-14-12-18(22)16-6-4-5-7-17(16)19(14)25/h4-7,12,15,25H,8-11,13H2,1-3H3,(H,23,26). The molecule has 2 N–H and O–H groups in total. The molecule has 0 saturated carbocycles. The van der Waals surface area contributed by atoms with Gasteiger partial charge in [-0.05, 0) is 39.7 Å². The van der Waals surface area contributed by atoms with E-state index in [4.69, 9.17) is 16.3 Å². The molecule has 0 aliphatic carbocycles. The fraction of sp³-hybridized carbons (Fsp3) is 0.476. The Hall–Kier alpha value is -1.98. The van der Waals surface area contributed by atoms with Gasteiger partial charge < -0.3 is 15.2 Å². The van der Waals surface area contributed by atoms with Crippen molar-refractivity contribution in [3.63, 3.8) is 0 Å². The van der Waals surface area contributed by atoms with Gasteiger partial charge in [0.15, 0.2) is 0 Å². The zero-order valence-corrected chi connectivity index (χ0v) is 16.8. The molecule has 2 aromatic carbocycles. The number of likely N-dealkylation sites (tertiary alicyclic amines) is 1. The van der Waals surface area contributed by atoms with Crippen LogP contribution in [0.4, 0.5) is 4.79 Å². The molecule has 0 aromatic heterocycles. The van der Waals surface area contributed by atoms with Gasteiger partial charge in [-0.2, -0.15) is 0 Å². The molecule has 2 aromatic rings. The molecule has 0 unspecified atom stereocenters. The highest BCUT2D eigenvalue weighted by Gasteiger charge is 2.24. The third-order valence-corrected chi connectivity index (χ3v) is 5.06. The predicted molar refractivity (Wildman–Crippen MR) is 108 cm³/mol. The Kier molecular flexibility index (Phi) is 5.82. The van der Waals surface area contributed by atoms with Crippen LogP contribution in [0.25, 0.3) is 10.8 Å². The van der Waals surface area contributed by atoms with Gasteiger partial charge in [0.2, 0.25) is 0 Å². The second kappa shape index (κ2) is 7.95. The van der Waals surface area contributed by atoms with Crippen molar-refractivity contribution in [2.24, 2.45) is 0 Å². The zero-order chi connectivity index (χ0) is 19.6. The Labute approximate surface area is 165 Å². The largest absolute Gasteiger partial charge is 0.507 e. The number of phenols is 1. The van der Waals surface area contributed by atoms with E-state index in [0.717, 1.165) is 42.3 Å². The molecule has 146 valence electrons. The van der Waals surface area contributed by atoms with Gasteiger partial charge in [0.05, 0.1) is 0 Å². The van der Waals surface area contributed by atoms with E-state index in [1.807, 2.05) is 51.1 Å². The van der Waals surface area contributed by atoms with Crippen molar-refractivity contribution in [3.05, 3.63) is 40.9 Å². The topological polar surface area (TPSA) is 61.8 Å². The molecule has 5 nitrogen and oxygen atoms in total. The summed E-state index contributed by atoms with van der Waals surface area (Å²) in [6.45, 7) is 7.88. The third kappa shape index (κ3) is 5.05. The number of nitrogens with one attached hydrogen (secondary N) is 1. The number of benzene rings is 2. The van der Waals surface area contributed by atoms with Crippen LogP contribution in [0.1, 0.15) is 39.2 Å². The van der Waals surface area contributed by atoms with Crippen LogP contribution in [0.3, 0.4) is 0 Å². The molecular formula is C21H27ClN2O3. The molecule has 1 aliphatic rings. The maximum Gasteiger partial charge on any atom is 0.407 e. The second-order valence-corrected chi connectivity index (χ2v) is 8.52. The van der Waals surface area contributed by atoms with Gasteiger partial charge in [-0.25, -0.2) is 4.79 Å². The lowest BCUT2D eigenvalue weighted by Gasteiger charge is -2.33. The van der Waals surface area contributed by atoms with E-state index in [9.17, 15) is 9.90 Å². The first-order chi connectivity index (χ1) is 12.7. The fourth-order valence-electron chi connectivity index (χ4n) is 3.44. The molecule has 6 heteroatoms. The quantitative estimate of drug-likeness (QED) is 0.798. The van der Waals surface area contributed by atoms with Crippen molar-refractivity contribution in [2.75, 3.05) is 13.1 Å². The SMILES string of the molecule is CC(C)(C)OC(=O)NC1CCN(Cc2cc(Cl)c3ccccc3c2O)CC1. The maximum atomic E-state index is 11.9. The summed E-state index contributed by atoms with van der Waals surface area (Å²) in [6, 6.07) is 9.58. The summed E-state index contributed by atoms with van der Waals surface area (Å²) >= 11 is 6.39. The molecule has 1 aliphatic heterocycles. The van der Waals surface area contributed by atoms with Gasteiger partial charge in [-0.1, -0.05) is 35.9 Å². The van der Waals surface area contributed by atoms with Gasteiger partial charge in [0.1, 0.15) is 11.4 Å². The molecule has 0 atom stereocenters. The van der Waals surface area contributed by atoms with Gasteiger partial charge in [-0.15, -0.1) is 0 Å². The lowest BCUT2D eigenvalue weighted by Crippen LogP contribution is -2.45. The number of carbonyl (C=O) groups is 1. The summed E-state index contributed by atoms with van der Waals surface area (Å²) in [5, 5.41) is 15.9. The molecule has 0 bridgehead atoms. The van der Waals surface area contributed by atoms with Crippen molar-refractivity contribution in [3.8, 4) is 5.75 Å². The van der Waals surface area contributed by atoms with E-state index in [-0.39, 0.29) is 12.1 Å². The van der Waals surface area contributed by atoms with E-state index >= 15 is 0 Å². The van der Waals surface area contributed by atoms with E-state index in [1.54, 1.807) is 0 Å². The number of hydrogen-bond acceptors (Lipinski definition) is 4. The smallest absolute Gasteiger partial charge is 0.407 e. The van der Waals surface area contributed by atoms with Crippen molar-refractivity contribution < 1.29 is 14.6 Å². The van der Waals surface area contributed by atoms with Crippen LogP contribution in [-0.4, -0.2) is 40.8 Å². The van der Waals surface area contributed by atoms with E-state index in [0.29, 0.717) is 17.3 Å². The number of carbonyl (C=O) groups excluding carboxylic acids is 1. The molecule has 1 fully saturated rings. The Balaban J connectivity index is 1.59. The van der Waals surface area contributed by atoms with Crippen LogP contribution in [0.15, 0.2) is 30.3 Å². The molecule has 1 heterocycles. The first-order valence-electron chi connectivity index (χ1n) is 9.34. The highest BCUT2D eigenvalue weighted by Crippen LogP contribution is 2.35. The van der Waals surface area contributed by atoms with E-state index in [2.05, 4.69) is 10.2 Å². The Bertz CT molecular complexity index is 824. The monoisotopic (exact) mass is 390 g/mol. The van der Waals surface area contributed by atoms with Gasteiger partial charge >= 0.3 is 6.09 Å². The second-order valence-electron chi connectivity index (χ2n) is 8.11. The summed E-state index contributed by atoms with van der Waals surface area (Å²) in [4.78, 5) is 14.2. The maximum absolute atomic E-state index is 11.9. The van der Waals surface area contributed by atoms with Crippen LogP contribution in [0, 0.1) is 0 Å². The molecule has 0 radical (unpaired) electrons. The third-order valence-electron chi connectivity index (χ3n) is 4.75. The molecule has 27 heavy (non-hydrogen) atoms. The van der Waals surface area contributed by atoms with Crippen LogP contribution < -0.4 is 5.32 Å². The number of hydrogen-bond donors (Lipinski definition) is 2. The van der Waals surface area contributed by atoms with Crippen LogP contribution in [0.2, 0.25) is 5.02 Å². The minimum Gasteiger partial charge on any atom is -0.507 e. The van der Waals surface area contributed by atoms with Gasteiger partial charge in [-0.3, -0.25) is 4.90 Å². The number of rotatable bonds is 3. The average Bonchev–Trinajstić information content (AvgIpc) is 2.59. The zero-order valence-electron chi connectivity index (χ0n) is 16.1. The number of nitrogens with zero attached hydrogens (tertiary/aromatic N) is 1. The number of alkyl carbamates (subject to hydrolysis) is 1. The summed E-state index contributed by atoms with van der Waals surface area (Å²) < 4.78 is 5.32. The van der Waals surface area contributed by atoms with Gasteiger partial charge in [0.25, 0.3) is 0 Å². The number of amides is 1. The summed E-state index contributed by atoms with van der Waals surface area (Å²) in [5.74, 6) is 0.295. The number of piperidine rings is 1. The van der Waals surface area contributed by atoms with Crippen LogP contribution in [-0.2, 0) is 11.3 Å². The summed E-state index contributed by atoms with van der Waals surface area (Å²) in [7, 11) is 0. The molecule has 3 rings (SSSR count). The minimum atomic E-state index is -0.488. The fourth-order valence-corrected chi connectivity index (χ4v) is 3.74. The number of fused-ring (bicyclic) bond motifs is 1. The molecule has 0 spiro atoms. The van der Waals surface area contributed by atoms with Crippen molar-refractivity contribution >= 4 is 28.5 Å².